The van der Waals surface area contributed by atoms with Crippen LogP contribution in [0.2, 0.25) is 0 Å². The Morgan fingerprint density at radius 1 is 0.548 bits per heavy atom. The van der Waals surface area contributed by atoms with E-state index >= 15 is 0 Å². The number of ether oxygens (including phenoxy) is 3. The summed E-state index contributed by atoms with van der Waals surface area (Å²) in [6.07, 6.45) is 3.25. The molecule has 3 N–H and O–H groups in total. The molecule has 4 amide bonds. The first-order chi connectivity index (χ1) is 29.9. The minimum atomic E-state index is -3.74. The van der Waals surface area contributed by atoms with Gasteiger partial charge in [-0.1, -0.05) is 89.1 Å². The molecule has 0 bridgehead atoms. The Morgan fingerprint density at radius 2 is 0.935 bits per heavy atom. The van der Waals surface area contributed by atoms with Crippen molar-refractivity contribution in [1.82, 2.24) is 24.3 Å². The van der Waals surface area contributed by atoms with E-state index in [0.717, 1.165) is 17.2 Å². The van der Waals surface area contributed by atoms with Crippen LogP contribution in [-0.2, 0) is 24.4 Å². The molecule has 0 spiro atoms. The maximum absolute atomic E-state index is 13.5. The molecule has 4 aromatic carbocycles. The lowest BCUT2D eigenvalue weighted by Crippen LogP contribution is -2.45. The molecule has 6 rings (SSSR count). The molecule has 0 aromatic heterocycles. The lowest BCUT2D eigenvalue weighted by atomic mass is 9.94. The van der Waals surface area contributed by atoms with E-state index in [1.165, 1.54) is 22.6 Å². The highest BCUT2D eigenvalue weighted by Gasteiger charge is 2.34. The molecule has 4 aromatic rings. The van der Waals surface area contributed by atoms with Gasteiger partial charge in [0.2, 0.25) is 0 Å². The van der Waals surface area contributed by atoms with Gasteiger partial charge in [0.15, 0.2) is 0 Å². The molecule has 0 unspecified atom stereocenters. The summed E-state index contributed by atoms with van der Waals surface area (Å²) in [7, 11) is -1.79. The summed E-state index contributed by atoms with van der Waals surface area (Å²) in [5, 5.41) is 8.00. The Labute approximate surface area is 366 Å². The topological polar surface area (TPSA) is 181 Å². The number of nitrogens with two attached hydrogens (primary N) is 1. The normalized spacial score (nSPS) is 13.5. The van der Waals surface area contributed by atoms with Gasteiger partial charge in [-0.3, -0.25) is 33.9 Å². The van der Waals surface area contributed by atoms with Crippen LogP contribution < -0.4 is 9.86 Å². The third-order valence-corrected chi connectivity index (χ3v) is 10.5. The van der Waals surface area contributed by atoms with Crippen molar-refractivity contribution in [3.05, 3.63) is 95.1 Å². The Hall–Kier alpha value is -4.65. The quantitative estimate of drug-likeness (QED) is 0.0740. The first-order valence-electron chi connectivity index (χ1n) is 21.5. The Morgan fingerprint density at radius 3 is 1.35 bits per heavy atom. The molecule has 2 heterocycles. The fourth-order valence-corrected chi connectivity index (χ4v) is 7.45. The third-order valence-electron chi connectivity index (χ3n) is 9.92. The Balaban J connectivity index is 0.00000133. The van der Waals surface area contributed by atoms with Gasteiger partial charge in [-0.25, -0.2) is 9.86 Å². The highest BCUT2D eigenvalue weighted by atomic mass is 32.2. The molecule has 0 radical (unpaired) electrons. The van der Waals surface area contributed by atoms with Crippen LogP contribution in [0.25, 0.3) is 21.5 Å². The van der Waals surface area contributed by atoms with Gasteiger partial charge in [0.05, 0.1) is 39.6 Å². The predicted octanol–water partition coefficient (Wildman–Crippen LogP) is 5.18. The average Bonchev–Trinajstić information content (AvgIpc) is 3.24. The average molecular weight is 877 g/mol. The Bertz CT molecular complexity index is 2120. The molecule has 0 atom stereocenters. The highest BCUT2D eigenvalue weighted by Crippen LogP contribution is 2.31. The van der Waals surface area contributed by atoms with Crippen LogP contribution in [0.15, 0.2) is 72.8 Å². The molecule has 0 fully saturated rings. The maximum Gasteiger partial charge on any atom is 0.274 e. The molecular formula is C46H64N6O9S. The van der Waals surface area contributed by atoms with Crippen LogP contribution in [0.1, 0.15) is 88.4 Å². The zero-order valence-corrected chi connectivity index (χ0v) is 37.7. The van der Waals surface area contributed by atoms with Crippen LogP contribution in [0.4, 0.5) is 0 Å². The first-order valence-corrected chi connectivity index (χ1v) is 23.1. The summed E-state index contributed by atoms with van der Waals surface area (Å²) in [5.41, 5.74) is 2.12. The number of nitrogens with one attached hydrogen (secondary N) is 1. The standard InChI is InChI=1S/C40H48N6O9S.2C3H8/c1-43(18-20-45-37(47)31-11-2-7-29-8-3-12-32(35(29)31)38(45)48)16-6-17-44(22-24-54-26-28-55-27-25-53-23-15-42-56(41,51)52)19-21-46-39(49)33-13-4-9-30-10-5-14-34(36(30)33)40(46)50;2*1-3-2/h2-5,7-14,42H,6,15-28H2,1H3,(H2,41,51,52);2*3H2,1-2H3. The molecule has 2 aliphatic heterocycles. The van der Waals surface area contributed by atoms with E-state index in [9.17, 15) is 27.6 Å². The van der Waals surface area contributed by atoms with Gasteiger partial charge in [0.25, 0.3) is 33.8 Å². The second kappa shape index (κ2) is 25.5. The van der Waals surface area contributed by atoms with Gasteiger partial charge in [-0.15, -0.1) is 0 Å². The van der Waals surface area contributed by atoms with Crippen molar-refractivity contribution in [2.24, 2.45) is 5.14 Å². The molecule has 16 heteroatoms. The maximum atomic E-state index is 13.5. The van der Waals surface area contributed by atoms with Gasteiger partial charge in [-0.05, 0) is 61.6 Å². The first kappa shape index (κ1) is 50.0. The van der Waals surface area contributed by atoms with Crippen molar-refractivity contribution in [1.29, 1.82) is 0 Å². The number of benzene rings is 4. The summed E-state index contributed by atoms with van der Waals surface area (Å²) in [4.78, 5) is 60.7. The molecule has 0 saturated heterocycles. The fraction of sp³-hybridized carbons (Fsp3) is 0.478. The van der Waals surface area contributed by atoms with Crippen molar-refractivity contribution in [3.8, 4) is 0 Å². The zero-order chi connectivity index (χ0) is 45.1. The van der Waals surface area contributed by atoms with Gasteiger partial charge in [0, 0.05) is 72.3 Å². The predicted molar refractivity (Wildman–Crippen MR) is 243 cm³/mol. The molecule has 0 saturated carbocycles. The van der Waals surface area contributed by atoms with E-state index in [4.69, 9.17) is 19.3 Å². The van der Waals surface area contributed by atoms with Crippen molar-refractivity contribution in [2.75, 3.05) is 99.0 Å². The monoisotopic (exact) mass is 876 g/mol. The molecule has 338 valence electrons. The van der Waals surface area contributed by atoms with Gasteiger partial charge >= 0.3 is 0 Å². The number of hydrogen-bond acceptors (Lipinski definition) is 11. The van der Waals surface area contributed by atoms with Crippen LogP contribution in [0.5, 0.6) is 0 Å². The van der Waals surface area contributed by atoms with Gasteiger partial charge in [-0.2, -0.15) is 8.42 Å². The number of carbonyl (C=O) groups excluding carboxylic acids is 4. The van der Waals surface area contributed by atoms with E-state index in [-0.39, 0.29) is 56.5 Å². The zero-order valence-electron chi connectivity index (χ0n) is 36.9. The molecule has 62 heavy (non-hydrogen) atoms. The lowest BCUT2D eigenvalue weighted by molar-refractivity contribution is 0.0110. The van der Waals surface area contributed by atoms with Crippen LogP contribution in [-0.4, -0.2) is 151 Å². The van der Waals surface area contributed by atoms with Gasteiger partial charge in [0.1, 0.15) is 0 Å². The van der Waals surface area contributed by atoms with E-state index in [1.807, 2.05) is 55.6 Å². The largest absolute Gasteiger partial charge is 0.378 e. The fourth-order valence-electron chi connectivity index (χ4n) is 7.08. The number of carbonyl (C=O) groups is 4. The lowest BCUT2D eigenvalue weighted by Gasteiger charge is -2.31. The van der Waals surface area contributed by atoms with Crippen LogP contribution in [0.3, 0.4) is 0 Å². The van der Waals surface area contributed by atoms with Gasteiger partial charge < -0.3 is 19.1 Å². The van der Waals surface area contributed by atoms with E-state index < -0.39 is 10.2 Å². The van der Waals surface area contributed by atoms with Crippen molar-refractivity contribution >= 4 is 55.4 Å². The van der Waals surface area contributed by atoms with Crippen LogP contribution in [0, 0.1) is 0 Å². The molecule has 2 aliphatic rings. The smallest absolute Gasteiger partial charge is 0.274 e. The SMILES string of the molecule is CCC.CCC.CN(CCCN(CCOCCOCCOCCNS(N)(=O)=O)CCN1C(=O)c2cccc3cccc(c23)C1=O)CCN1C(=O)c2cccc3cccc(c23)C1=O. The van der Waals surface area contributed by atoms with E-state index in [1.54, 1.807) is 24.3 Å². The Kier molecular flexibility index (Phi) is 20.5. The summed E-state index contributed by atoms with van der Waals surface area (Å²) in [6.45, 7) is 13.7. The van der Waals surface area contributed by atoms with E-state index in [2.05, 4.69) is 42.2 Å². The van der Waals surface area contributed by atoms with Crippen molar-refractivity contribution < 1.29 is 41.8 Å². The minimum absolute atomic E-state index is 0.0751. The summed E-state index contributed by atoms with van der Waals surface area (Å²) < 4.78 is 40.6. The number of likely N-dealkylation sites (N-methyl/N-ethyl adjacent to an activating group) is 1. The third kappa shape index (κ3) is 14.2. The number of imide groups is 2. The second-order valence-corrected chi connectivity index (χ2v) is 16.5. The van der Waals surface area contributed by atoms with Crippen LogP contribution >= 0.6 is 0 Å². The summed E-state index contributed by atoms with van der Waals surface area (Å²) >= 11 is 0. The van der Waals surface area contributed by atoms with Crippen molar-refractivity contribution in [3.63, 3.8) is 0 Å². The molecular weight excluding hydrogens is 813 g/mol. The number of hydrogen-bond donors (Lipinski definition) is 2. The second-order valence-electron chi connectivity index (χ2n) is 15.1. The summed E-state index contributed by atoms with van der Waals surface area (Å²) in [5.74, 6) is -1.18. The number of nitrogens with zero attached hydrogens (tertiary/aromatic N) is 4. The minimum Gasteiger partial charge on any atom is -0.378 e. The van der Waals surface area contributed by atoms with E-state index in [0.29, 0.717) is 92.2 Å². The van der Waals surface area contributed by atoms with Crippen molar-refractivity contribution in [2.45, 2.75) is 47.0 Å². The number of rotatable bonds is 23. The highest BCUT2D eigenvalue weighted by molar-refractivity contribution is 7.87. The molecule has 15 nitrogen and oxygen atoms in total. The summed E-state index contributed by atoms with van der Waals surface area (Å²) in [6, 6.07) is 22.0. The molecule has 0 aliphatic carbocycles. The number of amides is 4.